The van der Waals surface area contributed by atoms with Gasteiger partial charge in [0.05, 0.1) is 19.1 Å². The van der Waals surface area contributed by atoms with Gasteiger partial charge in [0.25, 0.3) is 0 Å². The molecule has 1 aromatic heterocycles. The topological polar surface area (TPSA) is 62.7 Å². The van der Waals surface area contributed by atoms with Gasteiger partial charge in [0.2, 0.25) is 0 Å². The standard InChI is InChI=1S/C13H18N2O3/c1-9(10-3-5-14-6-4-10)15(2)12-8-18-7-11(12)13(16)17/h3-6,9,11-12H,7-8H2,1-2H3,(H,16,17). The molecule has 1 N–H and O–H groups in total. The van der Waals surface area contributed by atoms with Gasteiger partial charge in [-0.15, -0.1) is 0 Å². The molecule has 2 rings (SSSR count). The van der Waals surface area contributed by atoms with E-state index in [1.807, 2.05) is 19.2 Å². The molecule has 18 heavy (non-hydrogen) atoms. The van der Waals surface area contributed by atoms with Gasteiger partial charge >= 0.3 is 5.97 Å². The zero-order valence-corrected chi connectivity index (χ0v) is 10.6. The molecule has 5 heteroatoms. The van der Waals surface area contributed by atoms with Crippen molar-refractivity contribution >= 4 is 5.97 Å². The summed E-state index contributed by atoms with van der Waals surface area (Å²) >= 11 is 0. The van der Waals surface area contributed by atoms with Gasteiger partial charge in [0, 0.05) is 24.5 Å². The van der Waals surface area contributed by atoms with E-state index in [1.54, 1.807) is 12.4 Å². The zero-order chi connectivity index (χ0) is 13.1. The minimum absolute atomic E-state index is 0.0781. The lowest BCUT2D eigenvalue weighted by molar-refractivity contribution is -0.143. The van der Waals surface area contributed by atoms with Crippen LogP contribution >= 0.6 is 0 Å². The molecular formula is C13H18N2O3. The molecule has 0 aromatic carbocycles. The molecule has 0 aliphatic carbocycles. The van der Waals surface area contributed by atoms with Crippen molar-refractivity contribution in [2.45, 2.75) is 19.0 Å². The number of carboxylic acid groups (broad SMARTS) is 1. The van der Waals surface area contributed by atoms with Crippen LogP contribution in [0.1, 0.15) is 18.5 Å². The Kier molecular flexibility index (Phi) is 3.93. The summed E-state index contributed by atoms with van der Waals surface area (Å²) in [6, 6.07) is 3.96. The van der Waals surface area contributed by atoms with Crippen molar-refractivity contribution in [3.63, 3.8) is 0 Å². The molecule has 1 saturated heterocycles. The van der Waals surface area contributed by atoms with Crippen LogP contribution in [0.25, 0.3) is 0 Å². The molecule has 1 aliphatic heterocycles. The number of ether oxygens (including phenoxy) is 1. The van der Waals surface area contributed by atoms with E-state index in [-0.39, 0.29) is 12.1 Å². The highest BCUT2D eigenvalue weighted by molar-refractivity contribution is 5.71. The van der Waals surface area contributed by atoms with Crippen LogP contribution in [-0.2, 0) is 9.53 Å². The van der Waals surface area contributed by atoms with Gasteiger partial charge < -0.3 is 9.84 Å². The highest BCUT2D eigenvalue weighted by Crippen LogP contribution is 2.27. The first kappa shape index (κ1) is 13.0. The van der Waals surface area contributed by atoms with Crippen LogP contribution < -0.4 is 0 Å². The summed E-state index contributed by atoms with van der Waals surface area (Å²) in [7, 11) is 1.94. The number of nitrogens with zero attached hydrogens (tertiary/aromatic N) is 2. The Labute approximate surface area is 106 Å². The van der Waals surface area contributed by atoms with Crippen LogP contribution in [0, 0.1) is 5.92 Å². The van der Waals surface area contributed by atoms with Crippen molar-refractivity contribution in [3.05, 3.63) is 30.1 Å². The first-order valence-electron chi connectivity index (χ1n) is 6.03. The van der Waals surface area contributed by atoms with Gasteiger partial charge in [-0.3, -0.25) is 14.7 Å². The van der Waals surface area contributed by atoms with Crippen molar-refractivity contribution in [3.8, 4) is 0 Å². The second kappa shape index (κ2) is 5.46. The monoisotopic (exact) mass is 250 g/mol. The summed E-state index contributed by atoms with van der Waals surface area (Å²) in [5, 5.41) is 9.17. The Morgan fingerprint density at radius 1 is 1.50 bits per heavy atom. The second-order valence-electron chi connectivity index (χ2n) is 4.67. The number of aromatic nitrogens is 1. The fourth-order valence-electron chi connectivity index (χ4n) is 2.34. The maximum atomic E-state index is 11.2. The fraction of sp³-hybridized carbons (Fsp3) is 0.538. The van der Waals surface area contributed by atoms with Gasteiger partial charge in [0.15, 0.2) is 0 Å². The predicted molar refractivity (Wildman–Crippen MR) is 66.1 cm³/mol. The highest BCUT2D eigenvalue weighted by Gasteiger charge is 2.38. The molecule has 0 radical (unpaired) electrons. The van der Waals surface area contributed by atoms with E-state index in [4.69, 9.17) is 9.84 Å². The summed E-state index contributed by atoms with van der Waals surface area (Å²) in [5.41, 5.74) is 1.13. The Morgan fingerprint density at radius 3 is 2.78 bits per heavy atom. The molecule has 1 aliphatic rings. The molecule has 0 spiro atoms. The van der Waals surface area contributed by atoms with Crippen molar-refractivity contribution in [1.29, 1.82) is 0 Å². The third-order valence-corrected chi connectivity index (χ3v) is 3.69. The average molecular weight is 250 g/mol. The van der Waals surface area contributed by atoms with Crippen molar-refractivity contribution in [1.82, 2.24) is 9.88 Å². The Balaban J connectivity index is 2.11. The quantitative estimate of drug-likeness (QED) is 0.869. The van der Waals surface area contributed by atoms with E-state index < -0.39 is 11.9 Å². The highest BCUT2D eigenvalue weighted by atomic mass is 16.5. The fourth-order valence-corrected chi connectivity index (χ4v) is 2.34. The minimum Gasteiger partial charge on any atom is -0.481 e. The lowest BCUT2D eigenvalue weighted by atomic mass is 9.99. The molecule has 0 saturated carbocycles. The van der Waals surface area contributed by atoms with Crippen LogP contribution in [0.2, 0.25) is 0 Å². The van der Waals surface area contributed by atoms with Crippen molar-refractivity contribution < 1.29 is 14.6 Å². The first-order valence-corrected chi connectivity index (χ1v) is 6.03. The summed E-state index contributed by atoms with van der Waals surface area (Å²) in [6.45, 7) is 2.84. The first-order chi connectivity index (χ1) is 8.61. The molecule has 3 unspecified atom stereocenters. The van der Waals surface area contributed by atoms with E-state index in [0.29, 0.717) is 13.2 Å². The third kappa shape index (κ3) is 2.52. The number of likely N-dealkylation sites (N-methyl/N-ethyl adjacent to an activating group) is 1. The minimum atomic E-state index is -0.786. The number of pyridine rings is 1. The SMILES string of the molecule is CC(c1ccncc1)N(C)C1COCC1C(=O)O. The second-order valence-corrected chi connectivity index (χ2v) is 4.67. The van der Waals surface area contributed by atoms with Gasteiger partial charge in [-0.05, 0) is 31.7 Å². The van der Waals surface area contributed by atoms with Crippen LogP contribution in [0.4, 0.5) is 0 Å². The van der Waals surface area contributed by atoms with Crippen molar-refractivity contribution in [2.75, 3.05) is 20.3 Å². The summed E-state index contributed by atoms with van der Waals surface area (Å²) in [5.74, 6) is -1.23. The van der Waals surface area contributed by atoms with Gasteiger partial charge in [-0.25, -0.2) is 0 Å². The lowest BCUT2D eigenvalue weighted by Crippen LogP contribution is -2.42. The normalized spacial score (nSPS) is 25.3. The smallest absolute Gasteiger partial charge is 0.310 e. The van der Waals surface area contributed by atoms with E-state index in [9.17, 15) is 4.79 Å². The molecule has 2 heterocycles. The van der Waals surface area contributed by atoms with Gasteiger partial charge in [-0.2, -0.15) is 0 Å². The summed E-state index contributed by atoms with van der Waals surface area (Å²) in [6.07, 6.45) is 3.50. The number of carboxylic acids is 1. The predicted octanol–water partition coefficient (Wildman–Crippen LogP) is 1.17. The Hall–Kier alpha value is -1.46. The average Bonchev–Trinajstić information content (AvgIpc) is 2.87. The zero-order valence-electron chi connectivity index (χ0n) is 10.6. The largest absolute Gasteiger partial charge is 0.481 e. The van der Waals surface area contributed by atoms with Crippen LogP contribution in [-0.4, -0.2) is 47.3 Å². The molecule has 5 nitrogen and oxygen atoms in total. The van der Waals surface area contributed by atoms with Crippen LogP contribution in [0.15, 0.2) is 24.5 Å². The number of carbonyl (C=O) groups is 1. The molecule has 98 valence electrons. The molecular weight excluding hydrogens is 232 g/mol. The Bertz CT molecular complexity index is 410. The van der Waals surface area contributed by atoms with E-state index in [0.717, 1.165) is 5.56 Å². The maximum absolute atomic E-state index is 11.2. The van der Waals surface area contributed by atoms with Crippen molar-refractivity contribution in [2.24, 2.45) is 5.92 Å². The molecule has 0 bridgehead atoms. The van der Waals surface area contributed by atoms with Crippen LogP contribution in [0.5, 0.6) is 0 Å². The van der Waals surface area contributed by atoms with E-state index in [1.165, 1.54) is 0 Å². The molecule has 1 fully saturated rings. The summed E-state index contributed by atoms with van der Waals surface area (Å²) < 4.78 is 5.30. The number of aliphatic carboxylic acids is 1. The lowest BCUT2D eigenvalue weighted by Gasteiger charge is -2.32. The number of rotatable bonds is 4. The maximum Gasteiger partial charge on any atom is 0.310 e. The molecule has 0 amide bonds. The number of hydrogen-bond acceptors (Lipinski definition) is 4. The Morgan fingerprint density at radius 2 is 2.17 bits per heavy atom. The number of hydrogen-bond donors (Lipinski definition) is 1. The van der Waals surface area contributed by atoms with E-state index >= 15 is 0 Å². The molecule has 3 atom stereocenters. The molecule has 1 aromatic rings. The van der Waals surface area contributed by atoms with Gasteiger partial charge in [-0.1, -0.05) is 0 Å². The van der Waals surface area contributed by atoms with Gasteiger partial charge in [0.1, 0.15) is 0 Å². The summed E-state index contributed by atoms with van der Waals surface area (Å²) in [4.78, 5) is 17.2. The van der Waals surface area contributed by atoms with Crippen LogP contribution in [0.3, 0.4) is 0 Å². The third-order valence-electron chi connectivity index (χ3n) is 3.69. The van der Waals surface area contributed by atoms with E-state index in [2.05, 4.69) is 16.8 Å².